The van der Waals surface area contributed by atoms with Gasteiger partial charge in [0.25, 0.3) is 0 Å². The number of sulfonamides is 1. The van der Waals surface area contributed by atoms with Crippen LogP contribution in [-0.2, 0) is 10.0 Å². The van der Waals surface area contributed by atoms with Gasteiger partial charge in [-0.1, -0.05) is 0 Å². The number of benzene rings is 1. The fourth-order valence-corrected chi connectivity index (χ4v) is 3.18. The Morgan fingerprint density at radius 2 is 1.79 bits per heavy atom. The predicted octanol–water partition coefficient (Wildman–Crippen LogP) is 0.346. The summed E-state index contributed by atoms with van der Waals surface area (Å²) in [5.41, 5.74) is 3.14. The number of nitrogens with one attached hydrogen (secondary N) is 2. The minimum Gasteiger partial charge on any atom is -0.324 e. The highest BCUT2D eigenvalue weighted by Crippen LogP contribution is 2.13. The van der Waals surface area contributed by atoms with E-state index in [1.54, 1.807) is 12.1 Å². The molecule has 0 aromatic heterocycles. The van der Waals surface area contributed by atoms with Crippen LogP contribution in [-0.4, -0.2) is 39.5 Å². The van der Waals surface area contributed by atoms with E-state index >= 15 is 0 Å². The highest BCUT2D eigenvalue weighted by atomic mass is 32.2. The van der Waals surface area contributed by atoms with Gasteiger partial charge in [-0.05, 0) is 50.2 Å². The first-order chi connectivity index (χ1) is 9.12. The molecule has 0 bridgehead atoms. The molecule has 1 aromatic carbocycles. The summed E-state index contributed by atoms with van der Waals surface area (Å²) in [4.78, 5) is 2.53. The second kappa shape index (κ2) is 6.33. The fraction of sp³-hybridized carbons (Fsp3) is 0.500. The van der Waals surface area contributed by atoms with Gasteiger partial charge in [0.2, 0.25) is 10.0 Å². The van der Waals surface area contributed by atoms with Crippen molar-refractivity contribution in [3.63, 3.8) is 0 Å². The molecule has 0 spiro atoms. The standard InChI is InChI=1S/C12H20N4O2S/c13-15-11-3-5-12(6-4-11)19(17,18)14-7-10-16-8-1-2-9-16/h3-6,14-15H,1-2,7-10,13H2. The van der Waals surface area contributed by atoms with Crippen molar-refractivity contribution in [1.82, 2.24) is 9.62 Å². The Hall–Kier alpha value is -1.15. The van der Waals surface area contributed by atoms with E-state index in [1.165, 1.54) is 25.0 Å². The Morgan fingerprint density at radius 3 is 2.37 bits per heavy atom. The molecule has 4 N–H and O–H groups in total. The summed E-state index contributed by atoms with van der Waals surface area (Å²) < 4.78 is 26.7. The summed E-state index contributed by atoms with van der Waals surface area (Å²) in [6.07, 6.45) is 2.42. The topological polar surface area (TPSA) is 87.5 Å². The lowest BCUT2D eigenvalue weighted by Gasteiger charge is -2.14. The number of hydrazine groups is 1. The molecule has 1 aliphatic heterocycles. The monoisotopic (exact) mass is 284 g/mol. The van der Waals surface area contributed by atoms with Gasteiger partial charge in [-0.3, -0.25) is 5.84 Å². The Kier molecular flexibility index (Phi) is 4.76. The summed E-state index contributed by atoms with van der Waals surface area (Å²) in [6.45, 7) is 3.35. The van der Waals surface area contributed by atoms with Crippen LogP contribution in [0.3, 0.4) is 0 Å². The number of anilines is 1. The van der Waals surface area contributed by atoms with Crippen LogP contribution in [0.15, 0.2) is 29.2 Å². The van der Waals surface area contributed by atoms with Gasteiger partial charge in [-0.2, -0.15) is 0 Å². The van der Waals surface area contributed by atoms with Gasteiger partial charge in [-0.15, -0.1) is 0 Å². The largest absolute Gasteiger partial charge is 0.324 e. The van der Waals surface area contributed by atoms with E-state index in [1.807, 2.05) is 0 Å². The lowest BCUT2D eigenvalue weighted by atomic mass is 10.3. The number of rotatable bonds is 6. The van der Waals surface area contributed by atoms with Crippen LogP contribution in [0, 0.1) is 0 Å². The average molecular weight is 284 g/mol. The number of likely N-dealkylation sites (tertiary alicyclic amines) is 1. The van der Waals surface area contributed by atoms with Crippen LogP contribution in [0.4, 0.5) is 5.69 Å². The summed E-state index contributed by atoms with van der Waals surface area (Å²) >= 11 is 0. The first-order valence-corrected chi connectivity index (χ1v) is 7.89. The molecule has 0 amide bonds. The molecule has 0 saturated carbocycles. The van der Waals surface area contributed by atoms with E-state index in [9.17, 15) is 8.42 Å². The second-order valence-corrected chi connectivity index (χ2v) is 6.38. The molecule has 0 atom stereocenters. The molecule has 0 aliphatic carbocycles. The summed E-state index contributed by atoms with van der Waals surface area (Å²) in [6, 6.07) is 6.34. The molecule has 1 fully saturated rings. The summed E-state index contributed by atoms with van der Waals surface area (Å²) in [7, 11) is -3.42. The normalized spacial score (nSPS) is 16.7. The van der Waals surface area contributed by atoms with Crippen molar-refractivity contribution in [3.8, 4) is 0 Å². The molecule has 1 aliphatic rings. The van der Waals surface area contributed by atoms with Crippen molar-refractivity contribution in [2.75, 3.05) is 31.6 Å². The maximum absolute atomic E-state index is 12.0. The molecule has 7 heteroatoms. The highest BCUT2D eigenvalue weighted by molar-refractivity contribution is 7.89. The summed E-state index contributed by atoms with van der Waals surface area (Å²) in [5, 5.41) is 0. The fourth-order valence-electron chi connectivity index (χ4n) is 2.16. The van der Waals surface area contributed by atoms with E-state index in [-0.39, 0.29) is 4.90 Å². The molecule has 2 rings (SSSR count). The van der Waals surface area contributed by atoms with Gasteiger partial charge in [0.1, 0.15) is 0 Å². The first-order valence-electron chi connectivity index (χ1n) is 6.40. The molecule has 0 unspecified atom stereocenters. The third kappa shape index (κ3) is 3.90. The van der Waals surface area contributed by atoms with Crippen LogP contribution in [0.1, 0.15) is 12.8 Å². The number of nitrogens with two attached hydrogens (primary N) is 1. The first kappa shape index (κ1) is 14.3. The Balaban J connectivity index is 1.89. The molecule has 6 nitrogen and oxygen atoms in total. The molecule has 1 saturated heterocycles. The number of nitrogens with zero attached hydrogens (tertiary/aromatic N) is 1. The number of hydrogen-bond acceptors (Lipinski definition) is 5. The molecular formula is C12H20N4O2S. The van der Waals surface area contributed by atoms with E-state index in [2.05, 4.69) is 15.0 Å². The van der Waals surface area contributed by atoms with Crippen LogP contribution in [0.25, 0.3) is 0 Å². The lowest BCUT2D eigenvalue weighted by molar-refractivity contribution is 0.344. The molecule has 1 heterocycles. The van der Waals surface area contributed by atoms with Crippen molar-refractivity contribution in [2.45, 2.75) is 17.7 Å². The van der Waals surface area contributed by atoms with Crippen molar-refractivity contribution in [3.05, 3.63) is 24.3 Å². The van der Waals surface area contributed by atoms with Gasteiger partial charge >= 0.3 is 0 Å². The zero-order valence-electron chi connectivity index (χ0n) is 10.8. The van der Waals surface area contributed by atoms with Gasteiger partial charge in [0, 0.05) is 18.8 Å². The zero-order chi connectivity index (χ0) is 13.7. The minimum absolute atomic E-state index is 0.257. The molecular weight excluding hydrogens is 264 g/mol. The molecule has 1 aromatic rings. The smallest absolute Gasteiger partial charge is 0.240 e. The second-order valence-electron chi connectivity index (χ2n) is 4.62. The lowest BCUT2D eigenvalue weighted by Crippen LogP contribution is -2.33. The van der Waals surface area contributed by atoms with E-state index in [4.69, 9.17) is 5.84 Å². The van der Waals surface area contributed by atoms with Gasteiger partial charge in [0.15, 0.2) is 0 Å². The van der Waals surface area contributed by atoms with Gasteiger partial charge in [0.05, 0.1) is 4.90 Å². The SMILES string of the molecule is NNc1ccc(S(=O)(=O)NCCN2CCCC2)cc1. The number of hydrogen-bond donors (Lipinski definition) is 3. The number of nitrogen functional groups attached to an aromatic ring is 1. The highest BCUT2D eigenvalue weighted by Gasteiger charge is 2.15. The van der Waals surface area contributed by atoms with Crippen LogP contribution < -0.4 is 16.0 Å². The predicted molar refractivity (Wildman–Crippen MR) is 75.1 cm³/mol. The van der Waals surface area contributed by atoms with Crippen LogP contribution in [0.2, 0.25) is 0 Å². The van der Waals surface area contributed by atoms with E-state index in [0.29, 0.717) is 12.2 Å². The van der Waals surface area contributed by atoms with Gasteiger partial charge in [-0.25, -0.2) is 13.1 Å². The third-order valence-electron chi connectivity index (χ3n) is 3.25. The van der Waals surface area contributed by atoms with Crippen molar-refractivity contribution in [2.24, 2.45) is 5.84 Å². The Bertz CT molecular complexity index is 495. The molecule has 19 heavy (non-hydrogen) atoms. The quantitative estimate of drug-likeness (QED) is 0.518. The molecule has 0 radical (unpaired) electrons. The Labute approximate surface area is 114 Å². The van der Waals surface area contributed by atoms with Crippen molar-refractivity contribution in [1.29, 1.82) is 0 Å². The maximum Gasteiger partial charge on any atom is 0.240 e. The third-order valence-corrected chi connectivity index (χ3v) is 4.73. The minimum atomic E-state index is -3.42. The van der Waals surface area contributed by atoms with Crippen LogP contribution in [0.5, 0.6) is 0 Å². The Morgan fingerprint density at radius 1 is 1.16 bits per heavy atom. The maximum atomic E-state index is 12.0. The van der Waals surface area contributed by atoms with E-state index in [0.717, 1.165) is 19.6 Å². The van der Waals surface area contributed by atoms with Crippen molar-refractivity contribution < 1.29 is 8.42 Å². The van der Waals surface area contributed by atoms with Crippen molar-refractivity contribution >= 4 is 15.7 Å². The zero-order valence-corrected chi connectivity index (χ0v) is 11.6. The average Bonchev–Trinajstić information content (AvgIpc) is 2.92. The van der Waals surface area contributed by atoms with Crippen LogP contribution >= 0.6 is 0 Å². The summed E-state index contributed by atoms with van der Waals surface area (Å²) in [5.74, 6) is 5.24. The molecule has 106 valence electrons. The van der Waals surface area contributed by atoms with E-state index < -0.39 is 10.0 Å². The van der Waals surface area contributed by atoms with Gasteiger partial charge < -0.3 is 10.3 Å².